The van der Waals surface area contributed by atoms with Crippen LogP contribution in [0, 0.1) is 12.7 Å². The number of nitrogens with zero attached hydrogens (tertiary/aromatic N) is 3. The van der Waals surface area contributed by atoms with Crippen molar-refractivity contribution in [3.8, 4) is 0 Å². The van der Waals surface area contributed by atoms with Gasteiger partial charge in [0.15, 0.2) is 10.9 Å². The van der Waals surface area contributed by atoms with Crippen molar-refractivity contribution in [1.82, 2.24) is 14.8 Å². The van der Waals surface area contributed by atoms with Gasteiger partial charge in [-0.05, 0) is 30.7 Å². The lowest BCUT2D eigenvalue weighted by Crippen LogP contribution is -2.18. The molecule has 0 aliphatic heterocycles. The maximum absolute atomic E-state index is 13.1. The van der Waals surface area contributed by atoms with Gasteiger partial charge in [-0.15, -0.1) is 10.2 Å². The van der Waals surface area contributed by atoms with Crippen LogP contribution in [0.3, 0.4) is 0 Å². The Labute approximate surface area is 127 Å². The van der Waals surface area contributed by atoms with Crippen LogP contribution in [0.15, 0.2) is 29.7 Å². The lowest BCUT2D eigenvalue weighted by molar-refractivity contribution is -0.142. The Kier molecular flexibility index (Phi) is 4.84. The molecule has 1 heterocycles. The maximum atomic E-state index is 13.1. The topological polar surface area (TPSA) is 47.8 Å². The first kappa shape index (κ1) is 16.5. The summed E-state index contributed by atoms with van der Waals surface area (Å²) in [6.45, 7) is 0.311. The summed E-state index contributed by atoms with van der Waals surface area (Å²) in [6.07, 6.45) is -3.43. The van der Waals surface area contributed by atoms with Crippen LogP contribution in [0.1, 0.15) is 15.9 Å². The van der Waals surface area contributed by atoms with E-state index in [-0.39, 0.29) is 16.7 Å². The van der Waals surface area contributed by atoms with Gasteiger partial charge in [0.05, 0.1) is 5.75 Å². The Hall–Kier alpha value is -1.90. The van der Waals surface area contributed by atoms with Gasteiger partial charge in [-0.2, -0.15) is 13.2 Å². The molecule has 0 saturated carbocycles. The third-order valence-corrected chi connectivity index (χ3v) is 3.72. The van der Waals surface area contributed by atoms with Gasteiger partial charge in [0.25, 0.3) is 0 Å². The number of Topliss-reactive ketones (excluding diaryl/α,β-unsaturated/α-hetero) is 1. The molecular weight excluding hydrogens is 322 g/mol. The molecule has 9 heteroatoms. The minimum absolute atomic E-state index is 0.00417. The molecule has 118 valence electrons. The van der Waals surface area contributed by atoms with Gasteiger partial charge >= 0.3 is 6.18 Å². The summed E-state index contributed by atoms with van der Waals surface area (Å²) < 4.78 is 51.0. The molecule has 0 fully saturated rings. The number of benzene rings is 1. The molecule has 22 heavy (non-hydrogen) atoms. The number of hydrogen-bond donors (Lipinski definition) is 0. The molecule has 0 aliphatic carbocycles. The van der Waals surface area contributed by atoms with E-state index in [2.05, 4.69) is 10.2 Å². The fourth-order valence-electron chi connectivity index (χ4n) is 1.69. The molecule has 0 N–H and O–H groups in total. The van der Waals surface area contributed by atoms with Crippen molar-refractivity contribution in [1.29, 1.82) is 0 Å². The van der Waals surface area contributed by atoms with Gasteiger partial charge < -0.3 is 0 Å². The standard InChI is InChI=1S/C13H11F4N3OS/c1-8-4-9(2-3-10(8)14)11(21)5-22-12-19-18-7-20(12)6-13(15,16)17/h2-4,7H,5-6H2,1H3. The van der Waals surface area contributed by atoms with Crippen LogP contribution in [-0.2, 0) is 6.54 Å². The fraction of sp³-hybridized carbons (Fsp3) is 0.308. The fourth-order valence-corrected chi connectivity index (χ4v) is 2.50. The monoisotopic (exact) mass is 333 g/mol. The number of carbonyl (C=O) groups excluding carboxylic acids is 1. The molecule has 0 bridgehead atoms. The van der Waals surface area contributed by atoms with Gasteiger partial charge in [0, 0.05) is 5.56 Å². The lowest BCUT2D eigenvalue weighted by Gasteiger charge is -2.09. The second-order valence-electron chi connectivity index (χ2n) is 4.53. The maximum Gasteiger partial charge on any atom is 0.406 e. The summed E-state index contributed by atoms with van der Waals surface area (Å²) in [7, 11) is 0. The van der Waals surface area contributed by atoms with E-state index in [1.165, 1.54) is 25.1 Å². The van der Waals surface area contributed by atoms with Crippen molar-refractivity contribution < 1.29 is 22.4 Å². The SMILES string of the molecule is Cc1cc(C(=O)CSc2nncn2CC(F)(F)F)ccc1F. The first-order valence-corrected chi connectivity index (χ1v) is 7.11. The van der Waals surface area contributed by atoms with Gasteiger partial charge in [-0.3, -0.25) is 9.36 Å². The summed E-state index contributed by atoms with van der Waals surface area (Å²) >= 11 is 0.853. The molecule has 1 aromatic heterocycles. The summed E-state index contributed by atoms with van der Waals surface area (Å²) in [6, 6.07) is 3.92. The second kappa shape index (κ2) is 6.47. The molecule has 0 saturated heterocycles. The van der Waals surface area contributed by atoms with E-state index in [1.54, 1.807) is 0 Å². The third-order valence-electron chi connectivity index (χ3n) is 2.74. The molecule has 0 aliphatic rings. The number of rotatable bonds is 5. The molecule has 0 unspecified atom stereocenters. The van der Waals surface area contributed by atoms with Crippen molar-refractivity contribution in [2.75, 3.05) is 5.75 Å². The van der Waals surface area contributed by atoms with Crippen molar-refractivity contribution in [3.05, 3.63) is 41.5 Å². The van der Waals surface area contributed by atoms with Gasteiger partial charge in [0.2, 0.25) is 0 Å². The van der Waals surface area contributed by atoms with E-state index in [0.29, 0.717) is 11.1 Å². The third kappa shape index (κ3) is 4.30. The first-order valence-electron chi connectivity index (χ1n) is 6.13. The number of alkyl halides is 3. The average molecular weight is 333 g/mol. The highest BCUT2D eigenvalue weighted by Gasteiger charge is 2.29. The van der Waals surface area contributed by atoms with E-state index in [0.717, 1.165) is 22.7 Å². The normalized spacial score (nSPS) is 11.7. The predicted molar refractivity (Wildman–Crippen MR) is 72.3 cm³/mol. The average Bonchev–Trinajstić information content (AvgIpc) is 2.84. The number of aryl methyl sites for hydroxylation is 1. The van der Waals surface area contributed by atoms with Crippen LogP contribution >= 0.6 is 11.8 Å². The van der Waals surface area contributed by atoms with E-state index < -0.39 is 18.5 Å². The van der Waals surface area contributed by atoms with Crippen LogP contribution in [0.25, 0.3) is 0 Å². The summed E-state index contributed by atoms with van der Waals surface area (Å²) in [5, 5.41) is 6.98. The van der Waals surface area contributed by atoms with Crippen LogP contribution in [0.5, 0.6) is 0 Å². The molecular formula is C13H11F4N3OS. The molecule has 0 atom stereocenters. The van der Waals surface area contributed by atoms with Crippen molar-refractivity contribution in [3.63, 3.8) is 0 Å². The Morgan fingerprint density at radius 2 is 2.09 bits per heavy atom. The summed E-state index contributed by atoms with van der Waals surface area (Å²) in [5.74, 6) is -0.856. The first-order chi connectivity index (χ1) is 10.3. The predicted octanol–water partition coefficient (Wildman–Crippen LogP) is 3.26. The van der Waals surface area contributed by atoms with Gasteiger partial charge in [0.1, 0.15) is 18.7 Å². The zero-order valence-electron chi connectivity index (χ0n) is 11.4. The van der Waals surface area contributed by atoms with Crippen molar-refractivity contribution in [2.45, 2.75) is 24.8 Å². The van der Waals surface area contributed by atoms with Crippen LogP contribution in [-0.4, -0.2) is 32.5 Å². The number of carbonyl (C=O) groups is 1. The van der Waals surface area contributed by atoms with E-state index >= 15 is 0 Å². The van der Waals surface area contributed by atoms with Crippen molar-refractivity contribution >= 4 is 17.5 Å². The van der Waals surface area contributed by atoms with Crippen LogP contribution in [0.4, 0.5) is 17.6 Å². The van der Waals surface area contributed by atoms with Gasteiger partial charge in [-0.25, -0.2) is 4.39 Å². The van der Waals surface area contributed by atoms with Gasteiger partial charge in [-0.1, -0.05) is 11.8 Å². The van der Waals surface area contributed by atoms with Crippen LogP contribution in [0.2, 0.25) is 0 Å². The molecule has 2 rings (SSSR count). The van der Waals surface area contributed by atoms with Crippen molar-refractivity contribution in [2.24, 2.45) is 0 Å². The molecule has 2 aromatic rings. The Morgan fingerprint density at radius 1 is 1.36 bits per heavy atom. The lowest BCUT2D eigenvalue weighted by atomic mass is 10.1. The number of hydrogen-bond acceptors (Lipinski definition) is 4. The van der Waals surface area contributed by atoms with E-state index in [9.17, 15) is 22.4 Å². The minimum Gasteiger partial charge on any atom is -0.299 e. The number of ketones is 1. The molecule has 0 spiro atoms. The molecule has 0 radical (unpaired) electrons. The van der Waals surface area contributed by atoms with E-state index in [1.807, 2.05) is 0 Å². The van der Waals surface area contributed by atoms with E-state index in [4.69, 9.17) is 0 Å². The molecule has 0 amide bonds. The Morgan fingerprint density at radius 3 is 2.73 bits per heavy atom. The smallest absolute Gasteiger partial charge is 0.299 e. The zero-order chi connectivity index (χ0) is 16.3. The highest BCUT2D eigenvalue weighted by Crippen LogP contribution is 2.23. The quantitative estimate of drug-likeness (QED) is 0.479. The zero-order valence-corrected chi connectivity index (χ0v) is 12.2. The Bertz CT molecular complexity index is 684. The number of aromatic nitrogens is 3. The largest absolute Gasteiger partial charge is 0.406 e. The number of halogens is 4. The Balaban J connectivity index is 2.02. The molecule has 1 aromatic carbocycles. The summed E-state index contributed by atoms with van der Waals surface area (Å²) in [5.41, 5.74) is 0.629. The highest BCUT2D eigenvalue weighted by molar-refractivity contribution is 7.99. The van der Waals surface area contributed by atoms with Crippen LogP contribution < -0.4 is 0 Å². The number of thioether (sulfide) groups is 1. The molecule has 4 nitrogen and oxygen atoms in total. The second-order valence-corrected chi connectivity index (χ2v) is 5.47. The highest BCUT2D eigenvalue weighted by atomic mass is 32.2. The summed E-state index contributed by atoms with van der Waals surface area (Å²) in [4.78, 5) is 12.0. The minimum atomic E-state index is -4.39.